The third-order valence-electron chi connectivity index (χ3n) is 6.18. The number of hydrogen-bond donors (Lipinski definition) is 2. The molecule has 1 aliphatic carbocycles. The van der Waals surface area contributed by atoms with Gasteiger partial charge in [0.05, 0.1) is 16.8 Å². The topological polar surface area (TPSA) is 132 Å². The lowest BCUT2D eigenvalue weighted by Gasteiger charge is -2.14. The van der Waals surface area contributed by atoms with Gasteiger partial charge in [-0.3, -0.25) is 9.78 Å². The van der Waals surface area contributed by atoms with Crippen molar-refractivity contribution in [2.45, 2.75) is 25.3 Å². The van der Waals surface area contributed by atoms with Crippen LogP contribution in [0.5, 0.6) is 0 Å². The van der Waals surface area contributed by atoms with Gasteiger partial charge in [0.15, 0.2) is 11.5 Å². The van der Waals surface area contributed by atoms with Gasteiger partial charge in [-0.1, -0.05) is 6.07 Å². The molecule has 3 aromatic heterocycles. The van der Waals surface area contributed by atoms with Crippen LogP contribution < -0.4 is 10.6 Å². The minimum Gasteiger partial charge on any atom is -0.355 e. The molecule has 2 N–H and O–H groups in total. The standard InChI is InChI=1S/C23H23BrFN7O3S/c1-36(34,35)8-7-27-22(33)14-4-5-15(9-14)29-23-28-12-17-20(24)31-32(21(17)30-23)16-10-13-3-2-6-26-19(13)18(25)11-16/h2-3,6,10-12,14-15H,4-5,7-9H2,1H3,(H,27,33)(H,28,29,30)/t14-,15-/m1/s1. The van der Waals surface area contributed by atoms with Crippen LogP contribution in [-0.4, -0.2) is 63.7 Å². The van der Waals surface area contributed by atoms with Crippen molar-refractivity contribution in [3.63, 3.8) is 0 Å². The number of halogens is 2. The van der Waals surface area contributed by atoms with Crippen LogP contribution in [-0.2, 0) is 14.6 Å². The van der Waals surface area contributed by atoms with E-state index in [4.69, 9.17) is 0 Å². The zero-order chi connectivity index (χ0) is 25.4. The molecule has 36 heavy (non-hydrogen) atoms. The Labute approximate surface area is 214 Å². The number of benzene rings is 1. The second kappa shape index (κ2) is 9.69. The van der Waals surface area contributed by atoms with Crippen LogP contribution in [0, 0.1) is 11.7 Å². The molecule has 188 valence electrons. The number of nitrogens with zero attached hydrogens (tertiary/aromatic N) is 5. The van der Waals surface area contributed by atoms with E-state index >= 15 is 0 Å². The molecular weight excluding hydrogens is 553 g/mol. The van der Waals surface area contributed by atoms with Crippen LogP contribution in [0.1, 0.15) is 19.3 Å². The third-order valence-corrected chi connectivity index (χ3v) is 7.71. The molecule has 0 aliphatic heterocycles. The van der Waals surface area contributed by atoms with Crippen LogP contribution >= 0.6 is 15.9 Å². The smallest absolute Gasteiger partial charge is 0.224 e. The highest BCUT2D eigenvalue weighted by molar-refractivity contribution is 9.10. The summed E-state index contributed by atoms with van der Waals surface area (Å²) in [6.07, 6.45) is 6.34. The minimum absolute atomic E-state index is 0.0166. The first-order valence-corrected chi connectivity index (χ1v) is 14.2. The number of pyridine rings is 1. The van der Waals surface area contributed by atoms with Crippen molar-refractivity contribution in [3.05, 3.63) is 47.1 Å². The lowest BCUT2D eigenvalue weighted by Crippen LogP contribution is -2.33. The van der Waals surface area contributed by atoms with Crippen molar-refractivity contribution in [1.82, 2.24) is 30.0 Å². The number of hydrogen-bond acceptors (Lipinski definition) is 8. The number of carbonyl (C=O) groups is 1. The summed E-state index contributed by atoms with van der Waals surface area (Å²) in [7, 11) is -3.13. The van der Waals surface area contributed by atoms with Gasteiger partial charge in [0.1, 0.15) is 20.0 Å². The molecule has 4 aromatic rings. The molecule has 0 radical (unpaired) electrons. The molecule has 1 aliphatic rings. The van der Waals surface area contributed by atoms with Crippen molar-refractivity contribution in [3.8, 4) is 5.69 Å². The van der Waals surface area contributed by atoms with Crippen LogP contribution in [0.25, 0.3) is 27.6 Å². The Morgan fingerprint density at radius 1 is 1.28 bits per heavy atom. The number of rotatable bonds is 7. The number of amides is 1. The fourth-order valence-electron chi connectivity index (χ4n) is 4.41. The van der Waals surface area contributed by atoms with Crippen molar-refractivity contribution < 1.29 is 17.6 Å². The Hall–Kier alpha value is -3.19. The summed E-state index contributed by atoms with van der Waals surface area (Å²) in [5, 5.41) is 11.8. The summed E-state index contributed by atoms with van der Waals surface area (Å²) in [4.78, 5) is 25.5. The van der Waals surface area contributed by atoms with Crippen LogP contribution in [0.4, 0.5) is 10.3 Å². The Morgan fingerprint density at radius 2 is 2.11 bits per heavy atom. The Bertz CT molecular complexity index is 1580. The Balaban J connectivity index is 1.34. The molecule has 3 heterocycles. The van der Waals surface area contributed by atoms with Gasteiger partial charge in [0.25, 0.3) is 0 Å². The number of nitrogens with one attached hydrogen (secondary N) is 2. The minimum atomic E-state index is -3.13. The predicted molar refractivity (Wildman–Crippen MR) is 137 cm³/mol. The van der Waals surface area contributed by atoms with E-state index in [2.05, 4.69) is 46.6 Å². The van der Waals surface area contributed by atoms with Gasteiger partial charge in [0, 0.05) is 48.6 Å². The second-order valence-electron chi connectivity index (χ2n) is 8.91. The van der Waals surface area contributed by atoms with E-state index in [0.717, 1.165) is 12.7 Å². The molecule has 0 bridgehead atoms. The van der Waals surface area contributed by atoms with Crippen LogP contribution in [0.2, 0.25) is 0 Å². The maximum atomic E-state index is 14.7. The van der Waals surface area contributed by atoms with Gasteiger partial charge in [-0.05, 0) is 47.3 Å². The summed E-state index contributed by atoms with van der Waals surface area (Å²) >= 11 is 3.43. The number of anilines is 1. The highest BCUT2D eigenvalue weighted by Gasteiger charge is 2.30. The largest absolute Gasteiger partial charge is 0.355 e. The van der Waals surface area contributed by atoms with Crippen LogP contribution in [0.3, 0.4) is 0 Å². The van der Waals surface area contributed by atoms with Crippen molar-refractivity contribution in [2.24, 2.45) is 5.92 Å². The summed E-state index contributed by atoms with van der Waals surface area (Å²) in [6, 6.07) is 6.67. The zero-order valence-corrected chi connectivity index (χ0v) is 21.7. The fraction of sp³-hybridized carbons (Fsp3) is 0.348. The van der Waals surface area contributed by atoms with E-state index in [9.17, 15) is 17.6 Å². The summed E-state index contributed by atoms with van der Waals surface area (Å²) < 4.78 is 39.3. The Morgan fingerprint density at radius 3 is 2.92 bits per heavy atom. The number of carbonyl (C=O) groups excluding carboxylic acids is 1. The molecule has 0 spiro atoms. The monoisotopic (exact) mass is 575 g/mol. The predicted octanol–water partition coefficient (Wildman–Crippen LogP) is 3.01. The number of fused-ring (bicyclic) bond motifs is 2. The number of aromatic nitrogens is 5. The Kier molecular flexibility index (Phi) is 6.60. The van der Waals surface area contributed by atoms with Gasteiger partial charge in [-0.15, -0.1) is 0 Å². The van der Waals surface area contributed by atoms with E-state index in [0.29, 0.717) is 45.5 Å². The maximum Gasteiger partial charge on any atom is 0.224 e. The van der Waals surface area contributed by atoms with E-state index < -0.39 is 15.7 Å². The van der Waals surface area contributed by atoms with E-state index in [-0.39, 0.29) is 35.7 Å². The molecule has 5 rings (SSSR count). The van der Waals surface area contributed by atoms with Crippen LogP contribution in [0.15, 0.2) is 41.3 Å². The molecule has 2 atom stereocenters. The van der Waals surface area contributed by atoms with E-state index in [1.807, 2.05) is 0 Å². The summed E-state index contributed by atoms with van der Waals surface area (Å²) in [5.41, 5.74) is 1.28. The van der Waals surface area contributed by atoms with Crippen molar-refractivity contribution in [1.29, 1.82) is 0 Å². The molecule has 10 nitrogen and oxygen atoms in total. The molecule has 13 heteroatoms. The molecule has 1 amide bonds. The van der Waals surface area contributed by atoms with Gasteiger partial charge in [-0.2, -0.15) is 10.1 Å². The van der Waals surface area contributed by atoms with Gasteiger partial charge < -0.3 is 10.6 Å². The quantitative estimate of drug-likeness (QED) is 0.343. The highest BCUT2D eigenvalue weighted by atomic mass is 79.9. The third kappa shape index (κ3) is 5.16. The molecule has 0 saturated heterocycles. The lowest BCUT2D eigenvalue weighted by molar-refractivity contribution is -0.124. The zero-order valence-electron chi connectivity index (χ0n) is 19.3. The van der Waals surface area contributed by atoms with Gasteiger partial charge in [0.2, 0.25) is 11.9 Å². The average molecular weight is 576 g/mol. The SMILES string of the molecule is CS(=O)(=O)CCNC(=O)[C@@H]1CC[C@@H](Nc2ncc3c(Br)nn(-c4cc(F)c5ncccc5c4)c3n2)C1. The first kappa shape index (κ1) is 24.5. The maximum absolute atomic E-state index is 14.7. The first-order chi connectivity index (χ1) is 17.2. The molecule has 1 aromatic carbocycles. The van der Waals surface area contributed by atoms with Crippen molar-refractivity contribution in [2.75, 3.05) is 23.9 Å². The number of sulfone groups is 1. The highest BCUT2D eigenvalue weighted by Crippen LogP contribution is 2.30. The first-order valence-electron chi connectivity index (χ1n) is 11.4. The van der Waals surface area contributed by atoms with Gasteiger partial charge >= 0.3 is 0 Å². The average Bonchev–Trinajstić information content (AvgIpc) is 3.43. The fourth-order valence-corrected chi connectivity index (χ4v) is 5.32. The molecule has 0 unspecified atom stereocenters. The van der Waals surface area contributed by atoms with E-state index in [1.165, 1.54) is 6.07 Å². The molecular formula is C23H23BrFN7O3S. The van der Waals surface area contributed by atoms with Gasteiger partial charge in [-0.25, -0.2) is 22.5 Å². The van der Waals surface area contributed by atoms with Crippen molar-refractivity contribution >= 4 is 59.6 Å². The normalized spacial score (nSPS) is 18.1. The van der Waals surface area contributed by atoms with E-state index in [1.54, 1.807) is 35.3 Å². The summed E-state index contributed by atoms with van der Waals surface area (Å²) in [6.45, 7) is 0.107. The summed E-state index contributed by atoms with van der Waals surface area (Å²) in [5.74, 6) is -0.514. The molecule has 1 fully saturated rings. The lowest BCUT2D eigenvalue weighted by atomic mass is 10.1. The molecule has 1 saturated carbocycles. The second-order valence-corrected chi connectivity index (χ2v) is 11.9.